The summed E-state index contributed by atoms with van der Waals surface area (Å²) in [7, 11) is 0. The van der Waals surface area contributed by atoms with Crippen LogP contribution >= 0.6 is 11.8 Å². The monoisotopic (exact) mass is 387 g/mol. The fraction of sp³-hybridized carbons (Fsp3) is 0.429. The minimum absolute atomic E-state index is 0.328. The van der Waals surface area contributed by atoms with Gasteiger partial charge in [-0.05, 0) is 61.3 Å². The summed E-state index contributed by atoms with van der Waals surface area (Å²) >= 11 is 1.67. The molecule has 0 radical (unpaired) electrons. The highest BCUT2D eigenvalue weighted by Gasteiger charge is 2.28. The first-order valence-electron chi connectivity index (χ1n) is 9.20. The van der Waals surface area contributed by atoms with E-state index in [0.29, 0.717) is 18.3 Å². The van der Waals surface area contributed by atoms with Crippen LogP contribution in [0, 0.1) is 6.92 Å². The topological polar surface area (TPSA) is 68.1 Å². The highest BCUT2D eigenvalue weighted by molar-refractivity contribution is 8.16. The molecule has 0 spiro atoms. The molecule has 1 heterocycles. The van der Waals surface area contributed by atoms with Gasteiger partial charge in [0, 0.05) is 12.0 Å². The van der Waals surface area contributed by atoms with Gasteiger partial charge < -0.3 is 14.6 Å². The van der Waals surface area contributed by atoms with E-state index in [-0.39, 0.29) is 6.61 Å². The van der Waals surface area contributed by atoms with E-state index in [0.717, 1.165) is 47.7 Å². The first-order chi connectivity index (χ1) is 13.1. The predicted molar refractivity (Wildman–Crippen MR) is 109 cm³/mol. The van der Waals surface area contributed by atoms with E-state index in [9.17, 15) is 4.79 Å². The predicted octanol–water partition coefficient (Wildman–Crippen LogP) is 4.71. The van der Waals surface area contributed by atoms with Crippen molar-refractivity contribution in [2.45, 2.75) is 39.0 Å². The second-order valence-electron chi connectivity index (χ2n) is 6.73. The second-order valence-corrected chi connectivity index (χ2v) is 7.67. The van der Waals surface area contributed by atoms with Crippen LogP contribution in [0.25, 0.3) is 0 Å². The highest BCUT2D eigenvalue weighted by atomic mass is 32.2. The normalized spacial score (nSPS) is 16.8. The lowest BCUT2D eigenvalue weighted by Gasteiger charge is -2.16. The molecular formula is C21H25NO4S. The first kappa shape index (κ1) is 19.5. The van der Waals surface area contributed by atoms with E-state index in [4.69, 9.17) is 14.6 Å². The Labute approximate surface area is 164 Å². The molecule has 6 heteroatoms. The van der Waals surface area contributed by atoms with Crippen LogP contribution in [0.4, 0.5) is 0 Å². The third kappa shape index (κ3) is 5.63. The number of aliphatic carboxylic acids is 1. The van der Waals surface area contributed by atoms with Crippen molar-refractivity contribution in [3.8, 4) is 11.5 Å². The third-order valence-corrected chi connectivity index (χ3v) is 5.44. The summed E-state index contributed by atoms with van der Waals surface area (Å²) < 4.78 is 11.5. The summed E-state index contributed by atoms with van der Waals surface area (Å²) in [6.07, 6.45) is 7.17. The highest BCUT2D eigenvalue weighted by Crippen LogP contribution is 2.46. The molecule has 0 unspecified atom stereocenters. The maximum absolute atomic E-state index is 10.8. The van der Waals surface area contributed by atoms with Crippen LogP contribution in [0.2, 0.25) is 0 Å². The van der Waals surface area contributed by atoms with E-state index in [1.807, 2.05) is 32.1 Å². The van der Waals surface area contributed by atoms with Crippen molar-refractivity contribution in [3.63, 3.8) is 0 Å². The fourth-order valence-corrected chi connectivity index (χ4v) is 3.68. The number of hydrogen-bond donors (Lipinski definition) is 1. The molecule has 1 aliphatic carbocycles. The minimum Gasteiger partial charge on any atom is -0.493 e. The van der Waals surface area contributed by atoms with Crippen LogP contribution in [-0.4, -0.2) is 35.9 Å². The van der Waals surface area contributed by atoms with Crippen molar-refractivity contribution in [2.24, 2.45) is 4.99 Å². The van der Waals surface area contributed by atoms with E-state index in [1.54, 1.807) is 11.8 Å². The molecular weight excluding hydrogens is 362 g/mol. The van der Waals surface area contributed by atoms with Crippen LogP contribution in [-0.2, 0) is 4.79 Å². The van der Waals surface area contributed by atoms with Gasteiger partial charge in [-0.3, -0.25) is 4.99 Å². The van der Waals surface area contributed by atoms with Crippen molar-refractivity contribution >= 4 is 22.8 Å². The summed E-state index contributed by atoms with van der Waals surface area (Å²) in [4.78, 5) is 15.4. The Morgan fingerprint density at radius 2 is 2.15 bits per heavy atom. The summed E-state index contributed by atoms with van der Waals surface area (Å²) in [6.45, 7) is 4.90. The Kier molecular flexibility index (Phi) is 6.61. The Morgan fingerprint density at radius 3 is 2.78 bits per heavy atom. The van der Waals surface area contributed by atoms with Gasteiger partial charge in [-0.25, -0.2) is 4.79 Å². The molecule has 3 rings (SSSR count). The molecule has 144 valence electrons. The number of hydrogen-bond acceptors (Lipinski definition) is 5. The largest absolute Gasteiger partial charge is 0.493 e. The smallest absolute Gasteiger partial charge is 0.341 e. The number of benzene rings is 1. The lowest BCUT2D eigenvalue weighted by Crippen LogP contribution is -2.11. The number of carboxylic acids is 1. The molecule has 0 bridgehead atoms. The van der Waals surface area contributed by atoms with Gasteiger partial charge in [-0.15, -0.1) is 0 Å². The Hall–Kier alpha value is -2.21. The standard InChI is InChI=1S/C21H25NO4S/c1-3-4-15-11-22-20(27-13-15)7-8-25-19-9-14(2)18(26-12-21(23)24)10-17(19)16-5-6-16/h3-4,9-10,13,16H,5-8,11-12H2,1-2H3,(H,23,24)/b4-3+. The van der Waals surface area contributed by atoms with Crippen molar-refractivity contribution in [1.82, 2.24) is 0 Å². The maximum Gasteiger partial charge on any atom is 0.341 e. The van der Waals surface area contributed by atoms with Gasteiger partial charge in [0.15, 0.2) is 6.61 Å². The zero-order valence-corrected chi connectivity index (χ0v) is 16.6. The zero-order valence-electron chi connectivity index (χ0n) is 15.7. The molecule has 5 nitrogen and oxygen atoms in total. The van der Waals surface area contributed by atoms with Gasteiger partial charge in [0.25, 0.3) is 0 Å². The van der Waals surface area contributed by atoms with Crippen LogP contribution in [0.15, 0.2) is 40.3 Å². The summed E-state index contributed by atoms with van der Waals surface area (Å²) in [6, 6.07) is 3.91. The van der Waals surface area contributed by atoms with Crippen molar-refractivity contribution < 1.29 is 19.4 Å². The number of rotatable bonds is 9. The van der Waals surface area contributed by atoms with Gasteiger partial charge in [-0.2, -0.15) is 0 Å². The van der Waals surface area contributed by atoms with E-state index >= 15 is 0 Å². The third-order valence-electron chi connectivity index (χ3n) is 4.41. The molecule has 1 fully saturated rings. The molecule has 1 aromatic carbocycles. The molecule has 0 amide bonds. The quantitative estimate of drug-likeness (QED) is 0.665. The number of carboxylic acid groups (broad SMARTS) is 1. The van der Waals surface area contributed by atoms with E-state index < -0.39 is 5.97 Å². The number of aliphatic imine (C=N–C) groups is 1. The minimum atomic E-state index is -0.972. The lowest BCUT2D eigenvalue weighted by molar-refractivity contribution is -0.139. The Bertz CT molecular complexity index is 794. The summed E-state index contributed by atoms with van der Waals surface area (Å²) in [5.74, 6) is 1.02. The molecule has 2 aliphatic rings. The number of allylic oxidation sites excluding steroid dienone is 1. The Morgan fingerprint density at radius 1 is 1.33 bits per heavy atom. The second kappa shape index (κ2) is 9.13. The number of nitrogens with zero attached hydrogens (tertiary/aromatic N) is 1. The van der Waals surface area contributed by atoms with E-state index in [1.165, 1.54) is 5.57 Å². The molecule has 0 atom stereocenters. The molecule has 27 heavy (non-hydrogen) atoms. The summed E-state index contributed by atoms with van der Waals surface area (Å²) in [5.41, 5.74) is 3.24. The van der Waals surface area contributed by atoms with Crippen LogP contribution in [0.5, 0.6) is 11.5 Å². The average molecular weight is 388 g/mol. The number of carbonyl (C=O) groups is 1. The van der Waals surface area contributed by atoms with Gasteiger partial charge >= 0.3 is 5.97 Å². The molecule has 1 aromatic rings. The number of ether oxygens (including phenoxy) is 2. The SMILES string of the molecule is C/C=C/C1=CSC(CCOc2cc(C)c(OCC(=O)O)cc2C2CC2)=NC1. The van der Waals surface area contributed by atoms with Crippen LogP contribution in [0.1, 0.15) is 43.2 Å². The van der Waals surface area contributed by atoms with Gasteiger partial charge in [0.2, 0.25) is 0 Å². The first-order valence-corrected chi connectivity index (χ1v) is 10.1. The molecule has 0 aromatic heterocycles. The van der Waals surface area contributed by atoms with Crippen molar-refractivity contribution in [3.05, 3.63) is 46.4 Å². The number of thioether (sulfide) groups is 1. The van der Waals surface area contributed by atoms with Crippen molar-refractivity contribution in [2.75, 3.05) is 19.8 Å². The molecule has 0 saturated heterocycles. The zero-order chi connectivity index (χ0) is 19.2. The molecule has 1 saturated carbocycles. The van der Waals surface area contributed by atoms with Gasteiger partial charge in [0.1, 0.15) is 11.5 Å². The van der Waals surface area contributed by atoms with Crippen molar-refractivity contribution in [1.29, 1.82) is 0 Å². The molecule has 1 aliphatic heterocycles. The van der Waals surface area contributed by atoms with Crippen LogP contribution in [0.3, 0.4) is 0 Å². The van der Waals surface area contributed by atoms with Gasteiger partial charge in [-0.1, -0.05) is 23.9 Å². The van der Waals surface area contributed by atoms with Crippen LogP contribution < -0.4 is 9.47 Å². The Balaban J connectivity index is 1.60. The summed E-state index contributed by atoms with van der Waals surface area (Å²) in [5, 5.41) is 12.1. The maximum atomic E-state index is 10.8. The lowest BCUT2D eigenvalue weighted by atomic mass is 10.1. The fourth-order valence-electron chi connectivity index (χ4n) is 2.90. The van der Waals surface area contributed by atoms with Gasteiger partial charge in [0.05, 0.1) is 18.2 Å². The number of aryl methyl sites for hydroxylation is 1. The average Bonchev–Trinajstić information content (AvgIpc) is 3.47. The van der Waals surface area contributed by atoms with E-state index in [2.05, 4.69) is 16.5 Å². The molecule has 1 N–H and O–H groups in total.